The van der Waals surface area contributed by atoms with Crippen LogP contribution in [0.1, 0.15) is 33.9 Å². The van der Waals surface area contributed by atoms with Gasteiger partial charge in [-0.2, -0.15) is 0 Å². The molecule has 2 rings (SSSR count). The molecule has 0 fully saturated rings. The fourth-order valence-electron chi connectivity index (χ4n) is 1.89. The Kier molecular flexibility index (Phi) is 3.59. The molecule has 2 heterocycles. The van der Waals surface area contributed by atoms with Crippen LogP contribution in [0.4, 0.5) is 0 Å². The summed E-state index contributed by atoms with van der Waals surface area (Å²) in [5.74, 6) is 1.00. The van der Waals surface area contributed by atoms with Gasteiger partial charge in [-0.15, -0.1) is 11.3 Å². The van der Waals surface area contributed by atoms with Crippen molar-refractivity contribution in [2.24, 2.45) is 7.05 Å². The molecular weight excluding hydrogens is 234 g/mol. The summed E-state index contributed by atoms with van der Waals surface area (Å²) in [6.07, 6.45) is 4.74. The van der Waals surface area contributed by atoms with E-state index in [0.29, 0.717) is 6.42 Å². The largest absolute Gasteiger partial charge is 0.387 e. The first-order valence-electron chi connectivity index (χ1n) is 5.66. The van der Waals surface area contributed by atoms with Crippen LogP contribution in [0, 0.1) is 13.8 Å². The van der Waals surface area contributed by atoms with E-state index in [9.17, 15) is 5.11 Å². The SMILES string of the molecule is Cc1nc(C)c(C(O)CCc2nccn2C)s1. The Morgan fingerprint density at radius 2 is 2.24 bits per heavy atom. The van der Waals surface area contributed by atoms with Crippen molar-refractivity contribution in [1.82, 2.24) is 14.5 Å². The number of nitrogens with zero attached hydrogens (tertiary/aromatic N) is 3. The lowest BCUT2D eigenvalue weighted by Gasteiger charge is -2.09. The lowest BCUT2D eigenvalue weighted by Crippen LogP contribution is -2.03. The van der Waals surface area contributed by atoms with E-state index in [0.717, 1.165) is 27.8 Å². The monoisotopic (exact) mass is 251 g/mol. The van der Waals surface area contributed by atoms with Crippen LogP contribution in [-0.2, 0) is 13.5 Å². The number of hydrogen-bond acceptors (Lipinski definition) is 4. The number of aromatic nitrogens is 3. The molecule has 1 N–H and O–H groups in total. The second-order valence-electron chi connectivity index (χ2n) is 4.19. The molecule has 0 spiro atoms. The highest BCUT2D eigenvalue weighted by atomic mass is 32.1. The molecule has 4 nitrogen and oxygen atoms in total. The van der Waals surface area contributed by atoms with E-state index in [-0.39, 0.29) is 0 Å². The Hall–Kier alpha value is -1.20. The zero-order valence-corrected chi connectivity index (χ0v) is 11.2. The van der Waals surface area contributed by atoms with Crippen molar-refractivity contribution in [2.45, 2.75) is 32.8 Å². The van der Waals surface area contributed by atoms with Crippen molar-refractivity contribution in [3.63, 3.8) is 0 Å². The molecule has 0 saturated heterocycles. The fraction of sp³-hybridized carbons (Fsp3) is 0.500. The van der Waals surface area contributed by atoms with Gasteiger partial charge in [0, 0.05) is 25.9 Å². The predicted octanol–water partition coefficient (Wildman–Crippen LogP) is 2.16. The van der Waals surface area contributed by atoms with Gasteiger partial charge in [0.2, 0.25) is 0 Å². The molecule has 0 saturated carbocycles. The maximum Gasteiger partial charge on any atom is 0.108 e. The fourth-order valence-corrected chi connectivity index (χ4v) is 2.84. The van der Waals surface area contributed by atoms with Crippen LogP contribution in [0.3, 0.4) is 0 Å². The van der Waals surface area contributed by atoms with E-state index < -0.39 is 6.10 Å². The number of rotatable bonds is 4. The zero-order chi connectivity index (χ0) is 12.4. The van der Waals surface area contributed by atoms with E-state index in [4.69, 9.17) is 0 Å². The summed E-state index contributed by atoms with van der Waals surface area (Å²) in [7, 11) is 1.97. The number of aliphatic hydroxyl groups excluding tert-OH is 1. The molecule has 0 radical (unpaired) electrons. The van der Waals surface area contributed by atoms with E-state index in [1.54, 1.807) is 17.5 Å². The van der Waals surface area contributed by atoms with E-state index in [1.807, 2.05) is 31.7 Å². The van der Waals surface area contributed by atoms with Gasteiger partial charge in [-0.25, -0.2) is 9.97 Å². The van der Waals surface area contributed by atoms with Crippen LogP contribution in [0.15, 0.2) is 12.4 Å². The molecule has 0 aliphatic heterocycles. The van der Waals surface area contributed by atoms with Crippen LogP contribution in [0.2, 0.25) is 0 Å². The maximum atomic E-state index is 10.1. The highest BCUT2D eigenvalue weighted by Gasteiger charge is 2.15. The molecule has 0 aliphatic carbocycles. The van der Waals surface area contributed by atoms with Crippen molar-refractivity contribution in [2.75, 3.05) is 0 Å². The third kappa shape index (κ3) is 2.73. The van der Waals surface area contributed by atoms with Gasteiger partial charge in [-0.05, 0) is 20.3 Å². The summed E-state index contributed by atoms with van der Waals surface area (Å²) in [5.41, 5.74) is 0.944. The van der Waals surface area contributed by atoms with Crippen molar-refractivity contribution in [1.29, 1.82) is 0 Å². The zero-order valence-electron chi connectivity index (χ0n) is 10.3. The van der Waals surface area contributed by atoms with Gasteiger partial charge in [0.1, 0.15) is 5.82 Å². The molecule has 2 aromatic rings. The number of aryl methyl sites for hydroxylation is 4. The van der Waals surface area contributed by atoms with Crippen molar-refractivity contribution in [3.8, 4) is 0 Å². The summed E-state index contributed by atoms with van der Waals surface area (Å²) < 4.78 is 1.98. The molecule has 0 amide bonds. The minimum absolute atomic E-state index is 0.433. The molecule has 2 aromatic heterocycles. The Morgan fingerprint density at radius 3 is 2.76 bits per heavy atom. The summed E-state index contributed by atoms with van der Waals surface area (Å²) in [6.45, 7) is 3.91. The quantitative estimate of drug-likeness (QED) is 0.906. The summed E-state index contributed by atoms with van der Waals surface area (Å²) in [5, 5.41) is 11.1. The van der Waals surface area contributed by atoms with Crippen molar-refractivity contribution >= 4 is 11.3 Å². The summed E-state index contributed by atoms with van der Waals surface area (Å²) >= 11 is 1.58. The van der Waals surface area contributed by atoms with Crippen LogP contribution in [0.5, 0.6) is 0 Å². The minimum Gasteiger partial charge on any atom is -0.387 e. The molecular formula is C12H17N3OS. The van der Waals surface area contributed by atoms with Gasteiger partial charge in [0.05, 0.1) is 21.7 Å². The normalized spacial score (nSPS) is 12.9. The van der Waals surface area contributed by atoms with Gasteiger partial charge in [0.15, 0.2) is 0 Å². The van der Waals surface area contributed by atoms with Crippen molar-refractivity contribution < 1.29 is 5.11 Å². The number of hydrogen-bond donors (Lipinski definition) is 1. The predicted molar refractivity (Wildman–Crippen MR) is 68.1 cm³/mol. The average Bonchev–Trinajstić information content (AvgIpc) is 2.81. The third-order valence-corrected chi connectivity index (χ3v) is 3.98. The van der Waals surface area contributed by atoms with Crippen LogP contribution < -0.4 is 0 Å². The summed E-state index contributed by atoms with van der Waals surface area (Å²) in [4.78, 5) is 9.56. The van der Waals surface area contributed by atoms with Gasteiger partial charge in [-0.3, -0.25) is 0 Å². The maximum absolute atomic E-state index is 10.1. The van der Waals surface area contributed by atoms with Crippen LogP contribution >= 0.6 is 11.3 Å². The molecule has 17 heavy (non-hydrogen) atoms. The Labute approximate surface area is 105 Å². The highest BCUT2D eigenvalue weighted by molar-refractivity contribution is 7.11. The smallest absolute Gasteiger partial charge is 0.108 e. The standard InChI is InChI=1S/C12H17N3OS/c1-8-12(17-9(2)14-8)10(16)4-5-11-13-6-7-15(11)3/h6-7,10,16H,4-5H2,1-3H3. The second-order valence-corrected chi connectivity index (χ2v) is 5.43. The summed E-state index contributed by atoms with van der Waals surface area (Å²) in [6, 6.07) is 0. The molecule has 0 aliphatic rings. The Balaban J connectivity index is 2.00. The van der Waals surface area contributed by atoms with Gasteiger partial charge in [0.25, 0.3) is 0 Å². The Bertz CT molecular complexity index is 504. The van der Waals surface area contributed by atoms with Gasteiger partial charge in [-0.1, -0.05) is 0 Å². The number of imidazole rings is 1. The van der Waals surface area contributed by atoms with Crippen molar-refractivity contribution in [3.05, 3.63) is 33.8 Å². The van der Waals surface area contributed by atoms with Crippen LogP contribution in [0.25, 0.3) is 0 Å². The first kappa shape index (κ1) is 12.3. The molecule has 1 unspecified atom stereocenters. The van der Waals surface area contributed by atoms with E-state index >= 15 is 0 Å². The minimum atomic E-state index is -0.433. The molecule has 92 valence electrons. The number of aliphatic hydroxyl groups is 1. The first-order chi connectivity index (χ1) is 8.08. The molecule has 5 heteroatoms. The molecule has 0 bridgehead atoms. The lowest BCUT2D eigenvalue weighted by atomic mass is 10.1. The van der Waals surface area contributed by atoms with Gasteiger partial charge < -0.3 is 9.67 Å². The Morgan fingerprint density at radius 1 is 1.47 bits per heavy atom. The number of thiazole rings is 1. The first-order valence-corrected chi connectivity index (χ1v) is 6.47. The second kappa shape index (κ2) is 4.98. The lowest BCUT2D eigenvalue weighted by molar-refractivity contribution is 0.169. The molecule has 0 aromatic carbocycles. The topological polar surface area (TPSA) is 50.9 Å². The molecule has 1 atom stereocenters. The third-order valence-electron chi connectivity index (χ3n) is 2.80. The van der Waals surface area contributed by atoms with Gasteiger partial charge >= 0.3 is 0 Å². The van der Waals surface area contributed by atoms with E-state index in [2.05, 4.69) is 9.97 Å². The van der Waals surface area contributed by atoms with E-state index in [1.165, 1.54) is 0 Å². The van der Waals surface area contributed by atoms with Crippen LogP contribution in [-0.4, -0.2) is 19.6 Å². The highest BCUT2D eigenvalue weighted by Crippen LogP contribution is 2.27. The average molecular weight is 251 g/mol.